The number of aromatic amines is 1. The zero-order valence-corrected chi connectivity index (χ0v) is 17.5. The van der Waals surface area contributed by atoms with E-state index < -0.39 is 5.41 Å². The second-order valence-corrected chi connectivity index (χ2v) is 7.89. The van der Waals surface area contributed by atoms with Gasteiger partial charge in [-0.15, -0.1) is 0 Å². The minimum Gasteiger partial charge on any atom is -0.354 e. The number of aromatic nitrogens is 1. The first-order valence-corrected chi connectivity index (χ1v) is 10.6. The summed E-state index contributed by atoms with van der Waals surface area (Å²) in [6.45, 7) is 2.24. The lowest BCUT2D eigenvalue weighted by molar-refractivity contribution is 0.763. The van der Waals surface area contributed by atoms with Crippen LogP contribution in [0.15, 0.2) is 115 Å². The second kappa shape index (κ2) is 8.01. The van der Waals surface area contributed by atoms with E-state index in [1.54, 1.807) is 0 Å². The topological polar surface area (TPSA) is 15.8 Å². The van der Waals surface area contributed by atoms with Gasteiger partial charge in [-0.05, 0) is 36.2 Å². The van der Waals surface area contributed by atoms with E-state index in [9.17, 15) is 0 Å². The Kier molecular flexibility index (Phi) is 4.90. The average Bonchev–Trinajstić information content (AvgIpc) is 3.25. The van der Waals surface area contributed by atoms with Gasteiger partial charge in [0, 0.05) is 22.0 Å². The molecule has 1 atom stereocenters. The fourth-order valence-corrected chi connectivity index (χ4v) is 4.25. The molecule has 1 aromatic heterocycles. The van der Waals surface area contributed by atoms with Crippen molar-refractivity contribution in [3.05, 3.63) is 132 Å². The number of H-pyrrole nitrogens is 1. The molecule has 0 aliphatic carbocycles. The minimum absolute atomic E-state index is 0.498. The number of fused-ring (bicyclic) bond motifs is 1. The number of hydrogen-bond acceptors (Lipinski definition) is 0. The molecule has 1 heteroatoms. The Morgan fingerprint density at radius 2 is 1.23 bits per heavy atom. The maximum atomic E-state index is 3.69. The largest absolute Gasteiger partial charge is 0.354 e. The zero-order valence-electron chi connectivity index (χ0n) is 17.5. The second-order valence-electron chi connectivity index (χ2n) is 7.89. The van der Waals surface area contributed by atoms with Crippen molar-refractivity contribution in [2.24, 2.45) is 0 Å². The lowest BCUT2D eigenvalue weighted by atomic mass is 9.74. The summed E-state index contributed by atoms with van der Waals surface area (Å²) in [5, 5.41) is 1.20. The smallest absolute Gasteiger partial charge is 0.0814 e. The number of para-hydroxylation sites is 1. The molecule has 5 aromatic rings. The zero-order chi connectivity index (χ0) is 21.1. The van der Waals surface area contributed by atoms with Crippen LogP contribution in [-0.4, -0.2) is 4.98 Å². The molecule has 0 aliphatic heterocycles. The van der Waals surface area contributed by atoms with Crippen LogP contribution in [0, 0.1) is 11.8 Å². The summed E-state index contributed by atoms with van der Waals surface area (Å²) < 4.78 is 0. The summed E-state index contributed by atoms with van der Waals surface area (Å²) in [7, 11) is 0. The highest BCUT2D eigenvalue weighted by Crippen LogP contribution is 2.42. The molecule has 31 heavy (non-hydrogen) atoms. The van der Waals surface area contributed by atoms with Crippen LogP contribution in [0.25, 0.3) is 22.2 Å². The van der Waals surface area contributed by atoms with Crippen LogP contribution >= 0.6 is 0 Å². The third-order valence-electron chi connectivity index (χ3n) is 5.85. The van der Waals surface area contributed by atoms with Gasteiger partial charge < -0.3 is 4.98 Å². The normalized spacial score (nSPS) is 12.7. The van der Waals surface area contributed by atoms with Crippen LogP contribution in [0.1, 0.15) is 23.6 Å². The molecule has 1 N–H and O–H groups in total. The van der Waals surface area contributed by atoms with Crippen molar-refractivity contribution in [2.75, 3.05) is 0 Å². The van der Waals surface area contributed by atoms with E-state index >= 15 is 0 Å². The predicted octanol–water partition coefficient (Wildman–Crippen LogP) is 7.19. The highest BCUT2D eigenvalue weighted by atomic mass is 14.7. The Labute approximate surface area is 183 Å². The molecule has 4 aromatic carbocycles. The molecule has 0 radical (unpaired) electrons. The molecule has 1 nitrogen and oxygen atoms in total. The monoisotopic (exact) mass is 397 g/mol. The highest BCUT2D eigenvalue weighted by molar-refractivity contribution is 5.93. The lowest BCUT2D eigenvalue weighted by Gasteiger charge is -2.26. The van der Waals surface area contributed by atoms with E-state index in [1.165, 1.54) is 16.5 Å². The maximum Gasteiger partial charge on any atom is 0.0814 e. The van der Waals surface area contributed by atoms with Crippen LogP contribution in [0.4, 0.5) is 0 Å². The lowest BCUT2D eigenvalue weighted by Crippen LogP contribution is -2.22. The molecule has 5 rings (SSSR count). The van der Waals surface area contributed by atoms with E-state index in [-0.39, 0.29) is 0 Å². The molecule has 0 fully saturated rings. The van der Waals surface area contributed by atoms with Gasteiger partial charge in [0.05, 0.1) is 11.1 Å². The number of benzene rings is 4. The number of nitrogens with one attached hydrogen (secondary N) is 1. The van der Waals surface area contributed by atoms with E-state index in [4.69, 9.17) is 0 Å². The van der Waals surface area contributed by atoms with Crippen molar-refractivity contribution in [3.8, 4) is 23.1 Å². The maximum absolute atomic E-state index is 3.69. The first-order chi connectivity index (χ1) is 15.3. The molecule has 1 heterocycles. The fraction of sp³-hybridized carbons (Fsp3) is 0.0667. The van der Waals surface area contributed by atoms with Gasteiger partial charge >= 0.3 is 0 Å². The van der Waals surface area contributed by atoms with Gasteiger partial charge in [0.25, 0.3) is 0 Å². The van der Waals surface area contributed by atoms with Crippen molar-refractivity contribution in [1.29, 1.82) is 0 Å². The summed E-state index contributed by atoms with van der Waals surface area (Å²) >= 11 is 0. The summed E-state index contributed by atoms with van der Waals surface area (Å²) in [5.74, 6) is 7.11. The molecule has 0 aliphatic rings. The van der Waals surface area contributed by atoms with Crippen LogP contribution in [0.5, 0.6) is 0 Å². The fourth-order valence-electron chi connectivity index (χ4n) is 4.25. The Morgan fingerprint density at radius 1 is 0.645 bits per heavy atom. The molecular weight excluding hydrogens is 374 g/mol. The van der Waals surface area contributed by atoms with Crippen molar-refractivity contribution in [2.45, 2.75) is 12.3 Å². The van der Waals surface area contributed by atoms with Gasteiger partial charge in [-0.25, -0.2) is 0 Å². The van der Waals surface area contributed by atoms with E-state index in [2.05, 4.69) is 121 Å². The van der Waals surface area contributed by atoms with Crippen molar-refractivity contribution in [1.82, 2.24) is 4.98 Å². The average molecular weight is 398 g/mol. The van der Waals surface area contributed by atoms with Gasteiger partial charge in [-0.2, -0.15) is 0 Å². The minimum atomic E-state index is -0.498. The van der Waals surface area contributed by atoms with Gasteiger partial charge in [0.15, 0.2) is 0 Å². The summed E-state index contributed by atoms with van der Waals surface area (Å²) in [6.07, 6.45) is 0. The Balaban J connectivity index is 1.83. The van der Waals surface area contributed by atoms with E-state index in [0.29, 0.717) is 0 Å². The van der Waals surface area contributed by atoms with Crippen molar-refractivity contribution >= 4 is 10.9 Å². The summed E-state index contributed by atoms with van der Waals surface area (Å²) in [6, 6.07) is 39.9. The first-order valence-electron chi connectivity index (χ1n) is 10.6. The molecule has 0 bridgehead atoms. The SMILES string of the molecule is CC(C#Cc1ccccc1)(c1ccccc1)c1c(-c2ccccc2)[nH]c2ccccc12. The Hall–Kier alpha value is -4.02. The van der Waals surface area contributed by atoms with Crippen LogP contribution in [0.2, 0.25) is 0 Å². The quantitative estimate of drug-likeness (QED) is 0.310. The standard InChI is InChI=1S/C30H23N/c1-30(25-17-9-4-10-18-25,22-21-23-13-5-2-6-14-23)28-26-19-11-12-20-27(26)31-29(28)24-15-7-3-8-16-24/h2-20,31H,1H3. The molecule has 0 amide bonds. The Bertz CT molecular complexity index is 1370. The first kappa shape index (κ1) is 19.0. The highest BCUT2D eigenvalue weighted by Gasteiger charge is 2.33. The van der Waals surface area contributed by atoms with Gasteiger partial charge in [-0.3, -0.25) is 0 Å². The number of rotatable bonds is 3. The molecular formula is C30H23N. The summed E-state index contributed by atoms with van der Waals surface area (Å²) in [4.78, 5) is 3.69. The van der Waals surface area contributed by atoms with E-state index in [1.807, 2.05) is 18.2 Å². The number of hydrogen-bond donors (Lipinski definition) is 1. The van der Waals surface area contributed by atoms with Crippen LogP contribution in [-0.2, 0) is 5.41 Å². The van der Waals surface area contributed by atoms with Crippen LogP contribution < -0.4 is 0 Å². The van der Waals surface area contributed by atoms with E-state index in [0.717, 1.165) is 22.3 Å². The van der Waals surface area contributed by atoms with Crippen molar-refractivity contribution < 1.29 is 0 Å². The summed E-state index contributed by atoms with van der Waals surface area (Å²) in [5.41, 5.74) is 6.32. The van der Waals surface area contributed by atoms with Gasteiger partial charge in [-0.1, -0.05) is 109 Å². The molecule has 0 saturated heterocycles. The van der Waals surface area contributed by atoms with Gasteiger partial charge in [0.1, 0.15) is 0 Å². The molecule has 1 unspecified atom stereocenters. The van der Waals surface area contributed by atoms with Crippen molar-refractivity contribution in [3.63, 3.8) is 0 Å². The molecule has 0 saturated carbocycles. The Morgan fingerprint density at radius 3 is 1.94 bits per heavy atom. The molecule has 0 spiro atoms. The predicted molar refractivity (Wildman–Crippen MR) is 130 cm³/mol. The third kappa shape index (κ3) is 3.54. The van der Waals surface area contributed by atoms with Crippen LogP contribution in [0.3, 0.4) is 0 Å². The third-order valence-corrected chi connectivity index (χ3v) is 5.85. The van der Waals surface area contributed by atoms with Gasteiger partial charge in [0.2, 0.25) is 0 Å². The molecule has 148 valence electrons.